The summed E-state index contributed by atoms with van der Waals surface area (Å²) in [5.74, 6) is -0.651. The molecular formula is C18H19N5O3S. The molecule has 2 N–H and O–H groups in total. The van der Waals surface area contributed by atoms with Crippen molar-refractivity contribution in [3.8, 4) is 0 Å². The number of nitrogens with zero attached hydrogens (tertiary/aromatic N) is 3. The van der Waals surface area contributed by atoms with E-state index >= 15 is 0 Å². The van der Waals surface area contributed by atoms with Gasteiger partial charge in [-0.1, -0.05) is 49.4 Å². The van der Waals surface area contributed by atoms with Gasteiger partial charge in [0.15, 0.2) is 0 Å². The molecule has 1 aliphatic carbocycles. The van der Waals surface area contributed by atoms with Crippen LogP contribution < -0.4 is 10.6 Å². The minimum absolute atomic E-state index is 0.210. The van der Waals surface area contributed by atoms with Crippen LogP contribution in [0, 0.1) is 0 Å². The quantitative estimate of drug-likeness (QED) is 0.784. The van der Waals surface area contributed by atoms with Crippen molar-refractivity contribution in [3.05, 3.63) is 40.4 Å². The number of benzene rings is 1. The molecule has 8 nitrogen and oxygen atoms in total. The maximum atomic E-state index is 13.0. The number of urea groups is 1. The molecule has 1 spiro atoms. The maximum Gasteiger partial charge on any atom is 0.325 e. The second kappa shape index (κ2) is 6.41. The number of imide groups is 1. The average molecular weight is 385 g/mol. The Morgan fingerprint density at radius 3 is 2.85 bits per heavy atom. The monoisotopic (exact) mass is 385 g/mol. The van der Waals surface area contributed by atoms with Gasteiger partial charge in [0.25, 0.3) is 5.91 Å². The van der Waals surface area contributed by atoms with Crippen LogP contribution in [0.25, 0.3) is 0 Å². The van der Waals surface area contributed by atoms with E-state index < -0.39 is 17.5 Å². The van der Waals surface area contributed by atoms with Crippen molar-refractivity contribution < 1.29 is 14.4 Å². The van der Waals surface area contributed by atoms with E-state index in [4.69, 9.17) is 0 Å². The third-order valence-corrected chi connectivity index (χ3v) is 6.04. The highest BCUT2D eigenvalue weighted by Gasteiger charge is 2.55. The van der Waals surface area contributed by atoms with Crippen molar-refractivity contribution in [3.63, 3.8) is 0 Å². The normalized spacial score (nSPS) is 21.1. The molecule has 1 aromatic carbocycles. The minimum atomic E-state index is -1.05. The topological polar surface area (TPSA) is 104 Å². The maximum absolute atomic E-state index is 13.0. The molecule has 2 aliphatic rings. The number of amides is 4. The Morgan fingerprint density at radius 1 is 1.33 bits per heavy atom. The minimum Gasteiger partial charge on any atom is -0.319 e. The van der Waals surface area contributed by atoms with Gasteiger partial charge in [0.05, 0.1) is 0 Å². The number of hydrogen-bond acceptors (Lipinski definition) is 6. The summed E-state index contributed by atoms with van der Waals surface area (Å²) in [6.45, 7) is 3.61. The van der Waals surface area contributed by atoms with Crippen molar-refractivity contribution in [2.24, 2.45) is 0 Å². The van der Waals surface area contributed by atoms with Crippen LogP contribution in [-0.2, 0) is 21.5 Å². The zero-order chi connectivity index (χ0) is 19.2. The molecule has 0 bridgehead atoms. The fourth-order valence-electron chi connectivity index (χ4n) is 3.55. The van der Waals surface area contributed by atoms with Gasteiger partial charge in [-0.3, -0.25) is 19.8 Å². The van der Waals surface area contributed by atoms with Gasteiger partial charge < -0.3 is 5.32 Å². The predicted octanol–water partition coefficient (Wildman–Crippen LogP) is 1.99. The highest BCUT2D eigenvalue weighted by Crippen LogP contribution is 2.41. The van der Waals surface area contributed by atoms with Gasteiger partial charge in [-0.15, -0.1) is 10.2 Å². The number of rotatable bonds is 4. The third-order valence-electron chi connectivity index (χ3n) is 4.90. The molecular weight excluding hydrogens is 366 g/mol. The summed E-state index contributed by atoms with van der Waals surface area (Å²) >= 11 is 1.28. The van der Waals surface area contributed by atoms with E-state index in [9.17, 15) is 14.4 Å². The lowest BCUT2D eigenvalue weighted by Crippen LogP contribution is -2.42. The molecule has 0 radical (unpaired) electrons. The lowest BCUT2D eigenvalue weighted by Gasteiger charge is -2.22. The summed E-state index contributed by atoms with van der Waals surface area (Å²) in [7, 11) is 0. The lowest BCUT2D eigenvalue weighted by molar-refractivity contribution is -0.134. The van der Waals surface area contributed by atoms with E-state index in [0.29, 0.717) is 18.0 Å². The summed E-state index contributed by atoms with van der Waals surface area (Å²) in [6.07, 6.45) is 1.22. The molecule has 1 atom stereocenters. The molecule has 4 rings (SSSR count). The highest BCUT2D eigenvalue weighted by atomic mass is 32.1. The molecule has 1 unspecified atom stereocenters. The van der Waals surface area contributed by atoms with Crippen molar-refractivity contribution in [2.45, 2.75) is 38.1 Å². The summed E-state index contributed by atoms with van der Waals surface area (Å²) in [6, 6.07) is 7.03. The van der Waals surface area contributed by atoms with Crippen LogP contribution in [0.15, 0.2) is 24.3 Å². The highest BCUT2D eigenvalue weighted by molar-refractivity contribution is 7.15. The lowest BCUT2D eigenvalue weighted by atomic mass is 9.92. The van der Waals surface area contributed by atoms with Gasteiger partial charge in [-0.05, 0) is 24.0 Å². The van der Waals surface area contributed by atoms with Crippen LogP contribution in [0.2, 0.25) is 0 Å². The molecule has 1 fully saturated rings. The summed E-state index contributed by atoms with van der Waals surface area (Å²) in [5, 5.41) is 14.5. The van der Waals surface area contributed by atoms with Gasteiger partial charge in [0.1, 0.15) is 17.1 Å². The number of aryl methyl sites for hydroxylation is 1. The molecule has 140 valence electrons. The van der Waals surface area contributed by atoms with Crippen LogP contribution >= 0.6 is 11.3 Å². The molecule has 27 heavy (non-hydrogen) atoms. The van der Waals surface area contributed by atoms with Crippen LogP contribution in [0.3, 0.4) is 0 Å². The second-order valence-corrected chi connectivity index (χ2v) is 8.04. The van der Waals surface area contributed by atoms with Gasteiger partial charge in [-0.2, -0.15) is 0 Å². The third kappa shape index (κ3) is 2.87. The Bertz CT molecular complexity index is 941. The first-order valence-corrected chi connectivity index (χ1v) is 9.58. The van der Waals surface area contributed by atoms with Crippen LogP contribution in [0.1, 0.15) is 42.3 Å². The summed E-state index contributed by atoms with van der Waals surface area (Å²) < 4.78 is 0. The Morgan fingerprint density at radius 2 is 2.11 bits per heavy atom. The van der Waals surface area contributed by atoms with E-state index in [1.807, 2.05) is 38.1 Å². The Hall–Kier alpha value is -2.81. The number of carbonyl (C=O) groups is 3. The van der Waals surface area contributed by atoms with Crippen molar-refractivity contribution in [1.82, 2.24) is 20.4 Å². The number of carbonyl (C=O) groups excluding carboxylic acids is 3. The van der Waals surface area contributed by atoms with Crippen molar-refractivity contribution in [1.29, 1.82) is 0 Å². The Kier molecular flexibility index (Phi) is 4.18. The predicted molar refractivity (Wildman–Crippen MR) is 99.3 cm³/mol. The molecule has 9 heteroatoms. The molecule has 1 aliphatic heterocycles. The Balaban J connectivity index is 1.49. The van der Waals surface area contributed by atoms with E-state index in [1.54, 1.807) is 0 Å². The van der Waals surface area contributed by atoms with Crippen LogP contribution in [0.4, 0.5) is 9.93 Å². The molecule has 2 aromatic rings. The van der Waals surface area contributed by atoms with E-state index in [0.717, 1.165) is 21.0 Å². The molecule has 1 aromatic heterocycles. The number of anilines is 1. The standard InChI is InChI=1S/C18H19N5O3S/c1-10(2)14-21-22-16(27-14)19-13(24)9-23-15(25)18(20-17(23)26)8-7-11-5-3-4-6-12(11)18/h3-6,10H,7-9H2,1-2H3,(H,20,26)(H,19,22,24). The first-order chi connectivity index (χ1) is 12.9. The number of hydrogen-bond donors (Lipinski definition) is 2. The average Bonchev–Trinajstić information content (AvgIpc) is 3.30. The number of fused-ring (bicyclic) bond motifs is 2. The second-order valence-electron chi connectivity index (χ2n) is 7.03. The summed E-state index contributed by atoms with van der Waals surface area (Å²) in [4.78, 5) is 38.8. The first kappa shape index (κ1) is 17.6. The Labute approximate surface area is 160 Å². The van der Waals surface area contributed by atoms with E-state index in [2.05, 4.69) is 20.8 Å². The van der Waals surface area contributed by atoms with Crippen LogP contribution in [0.5, 0.6) is 0 Å². The first-order valence-electron chi connectivity index (χ1n) is 8.76. The smallest absolute Gasteiger partial charge is 0.319 e. The number of aromatic nitrogens is 2. The molecule has 4 amide bonds. The molecule has 0 saturated carbocycles. The zero-order valence-electron chi connectivity index (χ0n) is 15.0. The van der Waals surface area contributed by atoms with Crippen molar-refractivity contribution in [2.75, 3.05) is 11.9 Å². The van der Waals surface area contributed by atoms with Gasteiger partial charge in [0, 0.05) is 5.92 Å². The van der Waals surface area contributed by atoms with Crippen molar-refractivity contribution >= 4 is 34.3 Å². The SMILES string of the molecule is CC(C)c1nnc(NC(=O)CN2C(=O)NC3(CCc4ccccc43)C2=O)s1. The zero-order valence-corrected chi connectivity index (χ0v) is 15.8. The summed E-state index contributed by atoms with van der Waals surface area (Å²) in [5.41, 5.74) is 0.811. The van der Waals surface area contributed by atoms with E-state index in [1.165, 1.54) is 11.3 Å². The van der Waals surface area contributed by atoms with Gasteiger partial charge >= 0.3 is 6.03 Å². The van der Waals surface area contributed by atoms with Crippen LogP contribution in [-0.4, -0.2) is 39.5 Å². The largest absolute Gasteiger partial charge is 0.325 e. The van der Waals surface area contributed by atoms with E-state index in [-0.39, 0.29) is 18.4 Å². The molecule has 1 saturated heterocycles. The fraction of sp³-hybridized carbons (Fsp3) is 0.389. The van der Waals surface area contributed by atoms with Gasteiger partial charge in [0.2, 0.25) is 11.0 Å². The fourth-order valence-corrected chi connectivity index (χ4v) is 4.32. The molecule has 2 heterocycles. The van der Waals surface area contributed by atoms with Gasteiger partial charge in [-0.25, -0.2) is 4.79 Å². The number of nitrogens with one attached hydrogen (secondary N) is 2.